The van der Waals surface area contributed by atoms with Gasteiger partial charge in [0, 0.05) is 0 Å². The van der Waals surface area contributed by atoms with Crippen molar-refractivity contribution in [3.05, 3.63) is 17.8 Å². The van der Waals surface area contributed by atoms with Crippen molar-refractivity contribution in [3.8, 4) is 0 Å². The van der Waals surface area contributed by atoms with Crippen molar-refractivity contribution >= 4 is 0 Å². The first-order valence-corrected chi connectivity index (χ1v) is 3.94. The van der Waals surface area contributed by atoms with Gasteiger partial charge in [-0.15, -0.1) is 0 Å². The molecule has 1 aromatic heterocycles. The Morgan fingerprint density at radius 3 is 2.75 bits per heavy atom. The molecule has 0 aliphatic rings. The van der Waals surface area contributed by atoms with E-state index in [1.807, 2.05) is 25.9 Å². The Hall–Kier alpha value is -0.870. The molecule has 0 radical (unpaired) electrons. The molecule has 12 heavy (non-hydrogen) atoms. The highest BCUT2D eigenvalue weighted by Crippen LogP contribution is 2.10. The molecule has 2 N–H and O–H groups in total. The van der Waals surface area contributed by atoms with Gasteiger partial charge in [0.15, 0.2) is 0 Å². The topological polar surface area (TPSA) is 55.3 Å². The molecule has 68 valence electrons. The normalized spacial score (nSPS) is 13.8. The molecule has 0 bridgehead atoms. The highest BCUT2D eigenvalue weighted by Gasteiger charge is 2.07. The van der Waals surface area contributed by atoms with Crippen LogP contribution in [-0.2, 0) is 6.54 Å². The molecule has 1 rings (SSSR count). The molecule has 0 saturated carbocycles. The summed E-state index contributed by atoms with van der Waals surface area (Å²) in [7, 11) is 3.96. The molecule has 1 aromatic rings. The second kappa shape index (κ2) is 3.69. The van der Waals surface area contributed by atoms with Gasteiger partial charge in [0.1, 0.15) is 5.76 Å². The predicted molar refractivity (Wildman–Crippen MR) is 46.5 cm³/mol. The first-order chi connectivity index (χ1) is 5.59. The zero-order chi connectivity index (χ0) is 9.14. The van der Waals surface area contributed by atoms with Crippen molar-refractivity contribution in [1.29, 1.82) is 0 Å². The van der Waals surface area contributed by atoms with Crippen molar-refractivity contribution in [1.82, 2.24) is 9.88 Å². The number of nitrogens with zero attached hydrogens (tertiary/aromatic N) is 2. The molecule has 0 aliphatic heterocycles. The van der Waals surface area contributed by atoms with Gasteiger partial charge in [-0.25, -0.2) is 4.98 Å². The van der Waals surface area contributed by atoms with Gasteiger partial charge in [0.2, 0.25) is 5.89 Å². The van der Waals surface area contributed by atoms with E-state index in [9.17, 15) is 0 Å². The van der Waals surface area contributed by atoms with Crippen LogP contribution in [0.15, 0.2) is 10.6 Å². The predicted octanol–water partition coefficient (Wildman–Crippen LogP) is 0.756. The van der Waals surface area contributed by atoms with Crippen LogP contribution in [-0.4, -0.2) is 24.0 Å². The largest absolute Gasteiger partial charge is 0.443 e. The lowest BCUT2D eigenvalue weighted by molar-refractivity contribution is 0.335. The van der Waals surface area contributed by atoms with Crippen LogP contribution in [0.5, 0.6) is 0 Å². The molecule has 0 spiro atoms. The van der Waals surface area contributed by atoms with Crippen molar-refractivity contribution in [2.24, 2.45) is 5.73 Å². The second-order valence-corrected chi connectivity index (χ2v) is 3.19. The molecule has 0 saturated heterocycles. The first kappa shape index (κ1) is 9.22. The van der Waals surface area contributed by atoms with Gasteiger partial charge < -0.3 is 15.1 Å². The second-order valence-electron chi connectivity index (χ2n) is 3.19. The SMILES string of the molecule is C[C@H](N)c1ncc(CN(C)C)o1. The van der Waals surface area contributed by atoms with Gasteiger partial charge in [-0.05, 0) is 21.0 Å². The molecule has 0 aliphatic carbocycles. The van der Waals surface area contributed by atoms with Crippen LogP contribution in [0, 0.1) is 0 Å². The van der Waals surface area contributed by atoms with E-state index in [-0.39, 0.29) is 6.04 Å². The van der Waals surface area contributed by atoms with Gasteiger partial charge in [0.05, 0.1) is 18.8 Å². The standard InChI is InChI=1S/C8H15N3O/c1-6(9)8-10-4-7(12-8)5-11(2)3/h4,6H,5,9H2,1-3H3/t6-/m0/s1. The monoisotopic (exact) mass is 169 g/mol. The van der Waals surface area contributed by atoms with Crippen LogP contribution in [0.25, 0.3) is 0 Å². The third kappa shape index (κ3) is 2.32. The highest BCUT2D eigenvalue weighted by atomic mass is 16.4. The zero-order valence-corrected chi connectivity index (χ0v) is 7.74. The van der Waals surface area contributed by atoms with Gasteiger partial charge >= 0.3 is 0 Å². The Balaban J connectivity index is 2.64. The fraction of sp³-hybridized carbons (Fsp3) is 0.625. The fourth-order valence-electron chi connectivity index (χ4n) is 0.918. The number of oxazole rings is 1. The molecule has 4 heteroatoms. The Labute approximate surface area is 72.4 Å². The van der Waals surface area contributed by atoms with E-state index in [2.05, 4.69) is 4.98 Å². The molecule has 4 nitrogen and oxygen atoms in total. The van der Waals surface area contributed by atoms with Crippen molar-refractivity contribution in [2.45, 2.75) is 19.5 Å². The molecular weight excluding hydrogens is 154 g/mol. The number of hydrogen-bond donors (Lipinski definition) is 1. The molecule has 0 unspecified atom stereocenters. The van der Waals surface area contributed by atoms with Gasteiger partial charge in [0.25, 0.3) is 0 Å². The zero-order valence-electron chi connectivity index (χ0n) is 7.74. The summed E-state index contributed by atoms with van der Waals surface area (Å²) in [5.41, 5.74) is 5.59. The van der Waals surface area contributed by atoms with E-state index >= 15 is 0 Å². The van der Waals surface area contributed by atoms with Crippen molar-refractivity contribution < 1.29 is 4.42 Å². The van der Waals surface area contributed by atoms with E-state index in [4.69, 9.17) is 10.2 Å². The molecule has 0 fully saturated rings. The summed E-state index contributed by atoms with van der Waals surface area (Å²) in [4.78, 5) is 6.07. The van der Waals surface area contributed by atoms with E-state index in [1.54, 1.807) is 6.20 Å². The minimum absolute atomic E-state index is 0.124. The minimum atomic E-state index is -0.124. The molecule has 1 heterocycles. The highest BCUT2D eigenvalue weighted by molar-refractivity contribution is 4.96. The molecule has 0 aromatic carbocycles. The molecular formula is C8H15N3O. The lowest BCUT2D eigenvalue weighted by Crippen LogP contribution is -2.10. The maximum Gasteiger partial charge on any atom is 0.211 e. The summed E-state index contributed by atoms with van der Waals surface area (Å²) in [6, 6.07) is -0.124. The van der Waals surface area contributed by atoms with Gasteiger partial charge in [-0.1, -0.05) is 0 Å². The number of hydrogen-bond acceptors (Lipinski definition) is 4. The fourth-order valence-corrected chi connectivity index (χ4v) is 0.918. The third-order valence-corrected chi connectivity index (χ3v) is 1.43. The third-order valence-electron chi connectivity index (χ3n) is 1.43. The smallest absolute Gasteiger partial charge is 0.211 e. The van der Waals surface area contributed by atoms with E-state index in [1.165, 1.54) is 0 Å². The Morgan fingerprint density at radius 2 is 2.33 bits per heavy atom. The van der Waals surface area contributed by atoms with Crippen LogP contribution < -0.4 is 5.73 Å². The maximum absolute atomic E-state index is 5.59. The summed E-state index contributed by atoms with van der Waals surface area (Å²) in [5, 5.41) is 0. The number of rotatable bonds is 3. The maximum atomic E-state index is 5.59. The van der Waals surface area contributed by atoms with Crippen LogP contribution in [0.2, 0.25) is 0 Å². The summed E-state index contributed by atoms with van der Waals surface area (Å²) in [5.74, 6) is 1.46. The summed E-state index contributed by atoms with van der Waals surface area (Å²) >= 11 is 0. The Morgan fingerprint density at radius 1 is 1.67 bits per heavy atom. The summed E-state index contributed by atoms with van der Waals surface area (Å²) in [6.45, 7) is 2.62. The average Bonchev–Trinajstić information content (AvgIpc) is 2.34. The molecule has 1 atom stereocenters. The van der Waals surface area contributed by atoms with Crippen LogP contribution in [0.4, 0.5) is 0 Å². The van der Waals surface area contributed by atoms with Crippen LogP contribution >= 0.6 is 0 Å². The van der Waals surface area contributed by atoms with Crippen LogP contribution in [0.3, 0.4) is 0 Å². The first-order valence-electron chi connectivity index (χ1n) is 3.94. The number of nitrogens with two attached hydrogens (primary N) is 1. The summed E-state index contributed by atoms with van der Waals surface area (Å²) in [6.07, 6.45) is 1.72. The van der Waals surface area contributed by atoms with Gasteiger partial charge in [-0.2, -0.15) is 0 Å². The van der Waals surface area contributed by atoms with E-state index in [0.717, 1.165) is 12.3 Å². The lowest BCUT2D eigenvalue weighted by atomic mass is 10.4. The Bertz CT molecular complexity index is 242. The number of aromatic nitrogens is 1. The quantitative estimate of drug-likeness (QED) is 0.725. The summed E-state index contributed by atoms with van der Waals surface area (Å²) < 4.78 is 5.38. The van der Waals surface area contributed by atoms with Crippen molar-refractivity contribution in [3.63, 3.8) is 0 Å². The van der Waals surface area contributed by atoms with E-state index in [0.29, 0.717) is 5.89 Å². The van der Waals surface area contributed by atoms with Gasteiger partial charge in [-0.3, -0.25) is 0 Å². The van der Waals surface area contributed by atoms with E-state index < -0.39 is 0 Å². The lowest BCUT2D eigenvalue weighted by Gasteiger charge is -2.05. The van der Waals surface area contributed by atoms with Crippen molar-refractivity contribution in [2.75, 3.05) is 14.1 Å². The van der Waals surface area contributed by atoms with Crippen LogP contribution in [0.1, 0.15) is 24.6 Å². The minimum Gasteiger partial charge on any atom is -0.443 e. The molecule has 0 amide bonds. The average molecular weight is 169 g/mol. The Kier molecular flexibility index (Phi) is 2.83.